The summed E-state index contributed by atoms with van der Waals surface area (Å²) < 4.78 is 1.37. The van der Waals surface area contributed by atoms with E-state index in [1.54, 1.807) is 0 Å². The zero-order chi connectivity index (χ0) is 32.7. The summed E-state index contributed by atoms with van der Waals surface area (Å²) in [5.41, 5.74) is 10.2. The Bertz CT molecular complexity index is 2680. The maximum Gasteiger partial charge on any atom is 0.0468 e. The minimum atomic E-state index is -0.0171. The molecule has 1 heterocycles. The molecule has 1 nitrogen and oxygen atoms in total. The lowest BCUT2D eigenvalue weighted by molar-refractivity contribution is 0.667. The van der Waals surface area contributed by atoms with Crippen LogP contribution in [0.1, 0.15) is 25.0 Å². The molecule has 8 aromatic carbocycles. The van der Waals surface area contributed by atoms with Crippen LogP contribution in [0, 0.1) is 0 Å². The maximum absolute atomic E-state index is 2.44. The molecule has 0 atom stereocenters. The topological polar surface area (TPSA) is 3.24 Å². The Morgan fingerprint density at radius 3 is 1.65 bits per heavy atom. The molecule has 49 heavy (non-hydrogen) atoms. The monoisotopic (exact) mass is 643 g/mol. The summed E-state index contributed by atoms with van der Waals surface area (Å²) in [6.07, 6.45) is 0. The van der Waals surface area contributed by atoms with Gasteiger partial charge < -0.3 is 4.90 Å². The summed E-state index contributed by atoms with van der Waals surface area (Å²) >= 11 is 1.94. The Morgan fingerprint density at radius 1 is 0.429 bits per heavy atom. The van der Waals surface area contributed by atoms with Gasteiger partial charge in [0.25, 0.3) is 0 Å². The number of rotatable bonds is 4. The molecule has 0 bridgehead atoms. The number of fused-ring (bicyclic) bond motifs is 11. The first kappa shape index (κ1) is 28.3. The second kappa shape index (κ2) is 10.7. The predicted octanol–water partition coefficient (Wildman–Crippen LogP) is 13.8. The molecule has 0 spiro atoms. The third-order valence-corrected chi connectivity index (χ3v) is 11.8. The van der Waals surface area contributed by atoms with Crippen LogP contribution in [-0.4, -0.2) is 0 Å². The highest BCUT2D eigenvalue weighted by molar-refractivity contribution is 7.22. The first-order valence-corrected chi connectivity index (χ1v) is 17.8. The molecule has 232 valence electrons. The van der Waals surface area contributed by atoms with Crippen LogP contribution in [0.15, 0.2) is 164 Å². The zero-order valence-corrected chi connectivity index (χ0v) is 28.3. The van der Waals surface area contributed by atoms with Crippen LogP contribution in [0.25, 0.3) is 64.0 Å². The van der Waals surface area contributed by atoms with Crippen LogP contribution >= 0.6 is 11.3 Å². The molecule has 2 heteroatoms. The molecule has 0 amide bonds. The quantitative estimate of drug-likeness (QED) is 0.173. The second-order valence-electron chi connectivity index (χ2n) is 13.7. The van der Waals surface area contributed by atoms with Gasteiger partial charge in [-0.15, -0.1) is 11.3 Å². The molecule has 0 radical (unpaired) electrons. The van der Waals surface area contributed by atoms with Gasteiger partial charge >= 0.3 is 0 Å². The van der Waals surface area contributed by atoms with Gasteiger partial charge in [-0.25, -0.2) is 0 Å². The normalized spacial score (nSPS) is 13.3. The third-order valence-electron chi connectivity index (χ3n) is 10.6. The SMILES string of the molecule is CC1(C)c2ccc(-c3ccc4c5ccc(N(c6ccccc6)c6ccccc6)cc5c5ccccc5c4c3)cc2-c2sc3ccccc3c21. The van der Waals surface area contributed by atoms with Crippen molar-refractivity contribution >= 4 is 70.8 Å². The minimum Gasteiger partial charge on any atom is -0.310 e. The molecule has 0 N–H and O–H groups in total. The first-order chi connectivity index (χ1) is 24.1. The Labute approximate surface area is 290 Å². The van der Waals surface area contributed by atoms with Crippen LogP contribution in [0.5, 0.6) is 0 Å². The molecule has 1 aliphatic carbocycles. The molecule has 1 aliphatic rings. The minimum absolute atomic E-state index is 0.0171. The number of anilines is 3. The molecule has 0 fully saturated rings. The van der Waals surface area contributed by atoms with Gasteiger partial charge in [0.05, 0.1) is 0 Å². The molecule has 1 aromatic heterocycles. The van der Waals surface area contributed by atoms with E-state index >= 15 is 0 Å². The van der Waals surface area contributed by atoms with Crippen LogP contribution < -0.4 is 4.90 Å². The van der Waals surface area contributed by atoms with Crippen molar-refractivity contribution in [1.29, 1.82) is 0 Å². The highest BCUT2D eigenvalue weighted by atomic mass is 32.1. The third kappa shape index (κ3) is 4.24. The van der Waals surface area contributed by atoms with Gasteiger partial charge in [0.1, 0.15) is 0 Å². The van der Waals surface area contributed by atoms with Crippen molar-refractivity contribution in [3.05, 3.63) is 175 Å². The second-order valence-corrected chi connectivity index (χ2v) is 14.8. The fourth-order valence-electron chi connectivity index (χ4n) is 8.31. The largest absolute Gasteiger partial charge is 0.310 e. The van der Waals surface area contributed by atoms with Gasteiger partial charge in [-0.1, -0.05) is 123 Å². The molecule has 0 aliphatic heterocycles. The predicted molar refractivity (Wildman–Crippen MR) is 212 cm³/mol. The van der Waals surface area contributed by atoms with Crippen LogP contribution in [-0.2, 0) is 5.41 Å². The summed E-state index contributed by atoms with van der Waals surface area (Å²) in [5, 5.41) is 9.06. The van der Waals surface area contributed by atoms with Crippen molar-refractivity contribution in [2.24, 2.45) is 0 Å². The fraction of sp³-hybridized carbons (Fsp3) is 0.0638. The van der Waals surface area contributed by atoms with Crippen molar-refractivity contribution in [2.45, 2.75) is 19.3 Å². The van der Waals surface area contributed by atoms with E-state index in [4.69, 9.17) is 0 Å². The zero-order valence-electron chi connectivity index (χ0n) is 27.4. The number of benzene rings is 8. The first-order valence-electron chi connectivity index (χ1n) is 17.0. The summed E-state index contributed by atoms with van der Waals surface area (Å²) in [6.45, 7) is 4.77. The average molecular weight is 644 g/mol. The van der Waals surface area contributed by atoms with Gasteiger partial charge in [-0.2, -0.15) is 0 Å². The number of para-hydroxylation sites is 2. The van der Waals surface area contributed by atoms with Gasteiger partial charge in [0, 0.05) is 32.1 Å². The molecule has 0 unspecified atom stereocenters. The smallest absolute Gasteiger partial charge is 0.0468 e. The lowest BCUT2D eigenvalue weighted by Gasteiger charge is -2.26. The van der Waals surface area contributed by atoms with Crippen molar-refractivity contribution < 1.29 is 0 Å². The summed E-state index contributed by atoms with van der Waals surface area (Å²) in [7, 11) is 0. The molecule has 0 saturated heterocycles. The molecule has 10 rings (SSSR count). The van der Waals surface area contributed by atoms with E-state index in [1.807, 2.05) is 11.3 Å². The number of hydrogen-bond donors (Lipinski definition) is 0. The van der Waals surface area contributed by atoms with E-state index in [1.165, 1.54) is 75.1 Å². The van der Waals surface area contributed by atoms with E-state index in [-0.39, 0.29) is 5.41 Å². The Balaban J connectivity index is 1.15. The number of hydrogen-bond acceptors (Lipinski definition) is 2. The van der Waals surface area contributed by atoms with Crippen LogP contribution in [0.4, 0.5) is 17.1 Å². The van der Waals surface area contributed by atoms with Gasteiger partial charge in [0.15, 0.2) is 0 Å². The standard InChI is InChI=1S/C47H33NS/c1-47(2)43-26-22-31(28-42(43)46-45(47)39-19-11-12-20-44(39)49-46)30-21-24-37-38-25-23-34(29-41(38)36-18-10-9-17-35(36)40(37)27-30)48(32-13-5-3-6-14-32)33-15-7-4-8-16-33/h3-29H,1-2H3. The number of nitrogens with zero attached hydrogens (tertiary/aromatic N) is 1. The van der Waals surface area contributed by atoms with Crippen molar-refractivity contribution in [3.8, 4) is 21.6 Å². The van der Waals surface area contributed by atoms with E-state index in [0.29, 0.717) is 0 Å². The maximum atomic E-state index is 2.44. The van der Waals surface area contributed by atoms with Gasteiger partial charge in [-0.05, 0) is 120 Å². The van der Waals surface area contributed by atoms with Crippen molar-refractivity contribution in [1.82, 2.24) is 0 Å². The van der Waals surface area contributed by atoms with Crippen molar-refractivity contribution in [3.63, 3.8) is 0 Å². The summed E-state index contributed by atoms with van der Waals surface area (Å²) in [4.78, 5) is 3.77. The highest BCUT2D eigenvalue weighted by Gasteiger charge is 2.38. The van der Waals surface area contributed by atoms with Gasteiger partial charge in [0.2, 0.25) is 0 Å². The molecule has 0 saturated carbocycles. The van der Waals surface area contributed by atoms with Crippen LogP contribution in [0.2, 0.25) is 0 Å². The molecular formula is C47H33NS. The van der Waals surface area contributed by atoms with E-state index < -0.39 is 0 Å². The fourth-order valence-corrected chi connectivity index (χ4v) is 9.70. The van der Waals surface area contributed by atoms with Crippen LogP contribution in [0.3, 0.4) is 0 Å². The summed E-state index contributed by atoms with van der Waals surface area (Å²) in [5.74, 6) is 0. The highest BCUT2D eigenvalue weighted by Crippen LogP contribution is 2.56. The number of thiophene rings is 1. The molecular weight excluding hydrogens is 611 g/mol. The summed E-state index contributed by atoms with van der Waals surface area (Å²) in [6, 6.07) is 60.3. The van der Waals surface area contributed by atoms with Gasteiger partial charge in [-0.3, -0.25) is 0 Å². The Kier molecular flexibility index (Phi) is 6.16. The van der Waals surface area contributed by atoms with E-state index in [0.717, 1.165) is 17.1 Å². The van der Waals surface area contributed by atoms with E-state index in [9.17, 15) is 0 Å². The molecule has 9 aromatic rings. The Morgan fingerprint density at radius 2 is 0.959 bits per heavy atom. The lowest BCUT2D eigenvalue weighted by Crippen LogP contribution is -2.14. The van der Waals surface area contributed by atoms with E-state index in [2.05, 4.69) is 183 Å². The van der Waals surface area contributed by atoms with Crippen molar-refractivity contribution in [2.75, 3.05) is 4.90 Å². The average Bonchev–Trinajstić information content (AvgIpc) is 3.65. The Hall–Kier alpha value is -5.70. The lowest BCUT2D eigenvalue weighted by atomic mass is 9.81.